The number of benzene rings is 1. The van der Waals surface area contributed by atoms with E-state index in [0.717, 1.165) is 17.7 Å². The highest BCUT2D eigenvalue weighted by Gasteiger charge is 2.27. The van der Waals surface area contributed by atoms with Gasteiger partial charge in [0.2, 0.25) is 5.88 Å². The number of carbonyl (C=O) groups is 1. The number of carbonyl (C=O) groups excluding carboxylic acids is 1. The molecule has 1 heterocycles. The van der Waals surface area contributed by atoms with E-state index in [4.69, 9.17) is 4.74 Å². The highest BCUT2D eigenvalue weighted by atomic mass is 16.5. The van der Waals surface area contributed by atoms with Crippen molar-refractivity contribution in [2.75, 3.05) is 4.90 Å². The van der Waals surface area contributed by atoms with E-state index in [-0.39, 0.29) is 6.04 Å². The van der Waals surface area contributed by atoms with Crippen LogP contribution in [0.5, 0.6) is 5.75 Å². The molecule has 0 aliphatic carbocycles. The molecule has 0 amide bonds. The van der Waals surface area contributed by atoms with Crippen molar-refractivity contribution in [3.63, 3.8) is 0 Å². The minimum Gasteiger partial charge on any atom is -0.439 e. The lowest BCUT2D eigenvalue weighted by Gasteiger charge is -2.22. The van der Waals surface area contributed by atoms with Gasteiger partial charge in [0.15, 0.2) is 5.75 Å². The van der Waals surface area contributed by atoms with Gasteiger partial charge in [-0.2, -0.15) is 0 Å². The van der Waals surface area contributed by atoms with Crippen LogP contribution in [0, 0.1) is 0 Å². The first kappa shape index (κ1) is 9.77. The third-order valence-corrected chi connectivity index (χ3v) is 2.30. The highest BCUT2D eigenvalue weighted by Crippen LogP contribution is 2.39. The zero-order valence-electron chi connectivity index (χ0n) is 8.81. The summed E-state index contributed by atoms with van der Waals surface area (Å²) in [5.74, 6) is 1.40. The number of rotatable bonds is 2. The molecule has 0 spiro atoms. The Balaban J connectivity index is 2.46. The van der Waals surface area contributed by atoms with Gasteiger partial charge in [0.05, 0.1) is 5.69 Å². The molecule has 0 unspecified atom stereocenters. The second kappa shape index (κ2) is 3.77. The first-order valence-corrected chi connectivity index (χ1v) is 4.95. The average molecular weight is 203 g/mol. The maximum absolute atomic E-state index is 10.5. The molecule has 0 aromatic heterocycles. The van der Waals surface area contributed by atoms with Crippen LogP contribution >= 0.6 is 0 Å². The number of anilines is 1. The lowest BCUT2D eigenvalue weighted by atomic mass is 10.2. The van der Waals surface area contributed by atoms with Crippen LogP contribution < -0.4 is 9.64 Å². The van der Waals surface area contributed by atoms with Gasteiger partial charge in [-0.25, -0.2) is 0 Å². The Kier molecular flexibility index (Phi) is 2.46. The minimum absolute atomic E-state index is 0.264. The van der Waals surface area contributed by atoms with Crippen molar-refractivity contribution in [3.8, 4) is 5.75 Å². The van der Waals surface area contributed by atoms with Crippen molar-refractivity contribution in [2.24, 2.45) is 0 Å². The predicted molar refractivity (Wildman–Crippen MR) is 58.8 cm³/mol. The van der Waals surface area contributed by atoms with Crippen LogP contribution in [-0.4, -0.2) is 12.3 Å². The maximum Gasteiger partial charge on any atom is 0.204 e. The Morgan fingerprint density at radius 2 is 2.07 bits per heavy atom. The first-order valence-electron chi connectivity index (χ1n) is 4.95. The third-order valence-electron chi connectivity index (χ3n) is 2.30. The monoisotopic (exact) mass is 203 g/mol. The van der Waals surface area contributed by atoms with Crippen LogP contribution in [0.15, 0.2) is 36.2 Å². The molecule has 1 aliphatic rings. The predicted octanol–water partition coefficient (Wildman–Crippen LogP) is 2.33. The SMILES string of the molecule is CC(C)N1/C(=C/C=O)Oc2ccccc21. The van der Waals surface area contributed by atoms with Gasteiger partial charge in [0, 0.05) is 12.1 Å². The molecule has 3 heteroatoms. The molecule has 1 aromatic carbocycles. The van der Waals surface area contributed by atoms with Gasteiger partial charge in [0.25, 0.3) is 0 Å². The van der Waals surface area contributed by atoms with Crippen LogP contribution in [0.25, 0.3) is 0 Å². The molecule has 15 heavy (non-hydrogen) atoms. The van der Waals surface area contributed by atoms with Gasteiger partial charge in [-0.05, 0) is 26.0 Å². The van der Waals surface area contributed by atoms with Gasteiger partial charge in [-0.15, -0.1) is 0 Å². The van der Waals surface area contributed by atoms with E-state index in [1.807, 2.05) is 29.2 Å². The molecule has 78 valence electrons. The summed E-state index contributed by atoms with van der Waals surface area (Å²) >= 11 is 0. The Bertz CT molecular complexity index is 410. The van der Waals surface area contributed by atoms with Gasteiger partial charge in [-0.1, -0.05) is 12.1 Å². The summed E-state index contributed by atoms with van der Waals surface area (Å²) in [6.45, 7) is 4.12. The number of ether oxygens (including phenoxy) is 1. The molecule has 0 N–H and O–H groups in total. The summed E-state index contributed by atoms with van der Waals surface area (Å²) in [5.41, 5.74) is 1.01. The van der Waals surface area contributed by atoms with Gasteiger partial charge in [0.1, 0.15) is 6.29 Å². The number of allylic oxidation sites excluding steroid dienone is 1. The molecule has 0 bridgehead atoms. The topological polar surface area (TPSA) is 29.5 Å². The van der Waals surface area contributed by atoms with Crippen LogP contribution in [0.4, 0.5) is 5.69 Å². The molecule has 0 saturated heterocycles. The Morgan fingerprint density at radius 3 is 2.73 bits per heavy atom. The number of hydrogen-bond acceptors (Lipinski definition) is 3. The molecular weight excluding hydrogens is 190 g/mol. The molecule has 0 saturated carbocycles. The fourth-order valence-electron chi connectivity index (χ4n) is 1.73. The number of hydrogen-bond donors (Lipinski definition) is 0. The normalized spacial score (nSPS) is 16.7. The van der Waals surface area contributed by atoms with Crippen molar-refractivity contribution in [1.82, 2.24) is 0 Å². The molecule has 0 radical (unpaired) electrons. The quantitative estimate of drug-likeness (QED) is 0.545. The molecule has 3 nitrogen and oxygen atoms in total. The Labute approximate surface area is 89.0 Å². The first-order chi connectivity index (χ1) is 7.24. The maximum atomic E-state index is 10.5. The van der Waals surface area contributed by atoms with E-state index in [2.05, 4.69) is 13.8 Å². The van der Waals surface area contributed by atoms with Crippen LogP contribution in [0.1, 0.15) is 13.8 Å². The fourth-order valence-corrected chi connectivity index (χ4v) is 1.73. The fraction of sp³-hybridized carbons (Fsp3) is 0.250. The number of aldehydes is 1. The van der Waals surface area contributed by atoms with Crippen LogP contribution in [0.3, 0.4) is 0 Å². The summed E-state index contributed by atoms with van der Waals surface area (Å²) in [5, 5.41) is 0. The summed E-state index contributed by atoms with van der Waals surface area (Å²) < 4.78 is 5.58. The molecule has 2 rings (SSSR count). The van der Waals surface area contributed by atoms with Crippen molar-refractivity contribution in [1.29, 1.82) is 0 Å². The molecular formula is C12H13NO2. The summed E-state index contributed by atoms with van der Waals surface area (Å²) in [6.07, 6.45) is 2.19. The second-order valence-corrected chi connectivity index (χ2v) is 3.67. The largest absolute Gasteiger partial charge is 0.439 e. The van der Waals surface area contributed by atoms with E-state index in [1.165, 1.54) is 6.08 Å². The van der Waals surface area contributed by atoms with Crippen LogP contribution in [-0.2, 0) is 4.79 Å². The van der Waals surface area contributed by atoms with E-state index >= 15 is 0 Å². The average Bonchev–Trinajstić information content (AvgIpc) is 2.56. The standard InChI is InChI=1S/C12H13NO2/c1-9(2)13-10-5-3-4-6-11(10)15-12(13)7-8-14/h3-9H,1-2H3/b12-7-. The lowest BCUT2D eigenvalue weighted by Crippen LogP contribution is -2.28. The Morgan fingerprint density at radius 1 is 1.33 bits per heavy atom. The molecule has 0 atom stereocenters. The van der Waals surface area contributed by atoms with Crippen molar-refractivity contribution < 1.29 is 9.53 Å². The van der Waals surface area contributed by atoms with Gasteiger partial charge < -0.3 is 9.64 Å². The smallest absolute Gasteiger partial charge is 0.204 e. The van der Waals surface area contributed by atoms with Crippen molar-refractivity contribution in [3.05, 3.63) is 36.2 Å². The van der Waals surface area contributed by atoms with E-state index in [0.29, 0.717) is 5.88 Å². The van der Waals surface area contributed by atoms with E-state index in [9.17, 15) is 4.79 Å². The second-order valence-electron chi connectivity index (χ2n) is 3.67. The number of nitrogens with zero attached hydrogens (tertiary/aromatic N) is 1. The lowest BCUT2D eigenvalue weighted by molar-refractivity contribution is -0.104. The van der Waals surface area contributed by atoms with E-state index < -0.39 is 0 Å². The molecule has 1 aliphatic heterocycles. The molecule has 0 fully saturated rings. The zero-order chi connectivity index (χ0) is 10.8. The highest BCUT2D eigenvalue weighted by molar-refractivity contribution is 5.73. The summed E-state index contributed by atoms with van der Waals surface area (Å²) in [6, 6.07) is 8.03. The Hall–Kier alpha value is -1.77. The minimum atomic E-state index is 0.264. The third kappa shape index (κ3) is 1.61. The number of para-hydroxylation sites is 2. The van der Waals surface area contributed by atoms with Gasteiger partial charge in [-0.3, -0.25) is 4.79 Å². The van der Waals surface area contributed by atoms with E-state index in [1.54, 1.807) is 0 Å². The van der Waals surface area contributed by atoms with Crippen molar-refractivity contribution >= 4 is 12.0 Å². The number of fused-ring (bicyclic) bond motifs is 1. The van der Waals surface area contributed by atoms with Gasteiger partial charge >= 0.3 is 0 Å². The summed E-state index contributed by atoms with van der Waals surface area (Å²) in [7, 11) is 0. The zero-order valence-corrected chi connectivity index (χ0v) is 8.81. The molecule has 1 aromatic rings. The summed E-state index contributed by atoms with van der Waals surface area (Å²) in [4.78, 5) is 12.5. The van der Waals surface area contributed by atoms with Crippen molar-refractivity contribution in [2.45, 2.75) is 19.9 Å². The van der Waals surface area contributed by atoms with Crippen LogP contribution in [0.2, 0.25) is 0 Å².